The molecule has 0 N–H and O–H groups in total. The number of hydrogen-bond acceptors (Lipinski definition) is 2. The minimum Gasteiger partial charge on any atom is -0.304 e. The quantitative estimate of drug-likeness (QED) is 0.732. The molecule has 0 aliphatic carbocycles. The van der Waals surface area contributed by atoms with Crippen molar-refractivity contribution in [1.82, 2.24) is 14.9 Å². The molecule has 0 spiro atoms. The van der Waals surface area contributed by atoms with E-state index in [1.807, 2.05) is 20.4 Å². The fourth-order valence-corrected chi connectivity index (χ4v) is 2.15. The Labute approximate surface area is 106 Å². The van der Waals surface area contributed by atoms with Crippen molar-refractivity contribution >= 4 is 7.41 Å². The molecule has 4 heteroatoms. The number of hydrogen-bond donors (Lipinski definition) is 0. The van der Waals surface area contributed by atoms with Gasteiger partial charge in [0.1, 0.15) is 0 Å². The van der Waals surface area contributed by atoms with Crippen LogP contribution < -0.4 is 0 Å². The minimum absolute atomic E-state index is 0.0175. The fourth-order valence-electron chi connectivity index (χ4n) is 2.15. The van der Waals surface area contributed by atoms with Gasteiger partial charge in [-0.3, -0.25) is 0 Å². The molecule has 0 aliphatic rings. The summed E-state index contributed by atoms with van der Waals surface area (Å²) in [6.45, 7) is 15.7. The summed E-state index contributed by atoms with van der Waals surface area (Å²) in [5.41, 5.74) is 1.28. The summed E-state index contributed by atoms with van der Waals surface area (Å²) < 4.78 is 1.78. The predicted octanol–water partition coefficient (Wildman–Crippen LogP) is 3.14. The maximum absolute atomic E-state index is 4.32. The molecule has 0 saturated carbocycles. The summed E-state index contributed by atoms with van der Waals surface area (Å²) in [7, 11) is 1.92. The highest BCUT2D eigenvalue weighted by molar-refractivity contribution is 6.30. The van der Waals surface area contributed by atoms with Gasteiger partial charge in [0.2, 0.25) is 0 Å². The number of nitrogens with zero attached hydrogens (tertiary/aromatic N) is 3. The lowest BCUT2D eigenvalue weighted by Crippen LogP contribution is -2.41. The van der Waals surface area contributed by atoms with Crippen LogP contribution in [0.5, 0.6) is 0 Å². The van der Waals surface area contributed by atoms with Gasteiger partial charge in [-0.2, -0.15) is 0 Å². The lowest BCUT2D eigenvalue weighted by Gasteiger charge is -2.44. The highest BCUT2D eigenvalue weighted by Crippen LogP contribution is 2.46. The topological polar surface area (TPSA) is 30.7 Å². The van der Waals surface area contributed by atoms with Crippen LogP contribution in [0, 0.1) is 11.3 Å². The minimum atomic E-state index is 0.0175. The first-order chi connectivity index (χ1) is 7.77. The van der Waals surface area contributed by atoms with Crippen LogP contribution in [0.25, 0.3) is 0 Å². The Morgan fingerprint density at radius 3 is 2.35 bits per heavy atom. The van der Waals surface area contributed by atoms with Crippen molar-refractivity contribution in [3.63, 3.8) is 0 Å². The first kappa shape index (κ1) is 14.3. The van der Waals surface area contributed by atoms with Gasteiger partial charge in [-0.1, -0.05) is 60.0 Å². The second-order valence-corrected chi connectivity index (χ2v) is 6.00. The van der Waals surface area contributed by atoms with Gasteiger partial charge >= 0.3 is 0 Å². The van der Waals surface area contributed by atoms with Gasteiger partial charge in [0.15, 0.2) is 0 Å². The van der Waals surface area contributed by atoms with E-state index >= 15 is 0 Å². The largest absolute Gasteiger partial charge is 0.304 e. The first-order valence-corrected chi connectivity index (χ1v) is 6.49. The van der Waals surface area contributed by atoms with Crippen LogP contribution in [0.2, 0.25) is 6.82 Å². The molecular weight excluding hydrogens is 209 g/mol. The van der Waals surface area contributed by atoms with E-state index in [1.54, 1.807) is 4.59 Å². The Kier molecular flexibility index (Phi) is 4.05. The van der Waals surface area contributed by atoms with Gasteiger partial charge in [-0.15, -0.1) is 5.10 Å². The molecule has 17 heavy (non-hydrogen) atoms. The van der Waals surface area contributed by atoms with E-state index in [4.69, 9.17) is 0 Å². The first-order valence-electron chi connectivity index (χ1n) is 6.49. The third-order valence-electron chi connectivity index (χ3n) is 4.87. The number of rotatable bonds is 5. The lowest BCUT2D eigenvalue weighted by molar-refractivity contribution is 0.107. The zero-order chi connectivity index (χ0) is 13.3. The van der Waals surface area contributed by atoms with Crippen LogP contribution >= 0.6 is 0 Å². The average Bonchev–Trinajstić information content (AvgIpc) is 2.76. The molecule has 0 amide bonds. The molecule has 3 nitrogen and oxygen atoms in total. The molecule has 0 bridgehead atoms. The summed E-state index contributed by atoms with van der Waals surface area (Å²) >= 11 is 0. The third-order valence-corrected chi connectivity index (χ3v) is 4.87. The summed E-state index contributed by atoms with van der Waals surface area (Å²) in [6, 6.07) is 0. The Bertz CT molecular complexity index is 368. The standard InChI is InChI=1S/C13H25BN3/c1-8-10(2)12(3,4)13(5,6)11-9-17(14-7)16-15-11/h9-10H,8H2,1-7H3. The second-order valence-electron chi connectivity index (χ2n) is 6.00. The van der Waals surface area contributed by atoms with Crippen LogP contribution in [-0.4, -0.2) is 22.3 Å². The Morgan fingerprint density at radius 2 is 1.94 bits per heavy atom. The summed E-state index contributed by atoms with van der Waals surface area (Å²) in [6.07, 6.45) is 3.22. The van der Waals surface area contributed by atoms with Crippen molar-refractivity contribution in [3.8, 4) is 0 Å². The molecule has 1 rings (SSSR count). The SMILES string of the molecule is C[B]n1cc(C(C)(C)C(C)(C)C(C)CC)nn1. The normalized spacial score (nSPS) is 14.8. The van der Waals surface area contributed by atoms with E-state index in [1.165, 1.54) is 6.42 Å². The predicted molar refractivity (Wildman–Crippen MR) is 73.3 cm³/mol. The molecule has 1 radical (unpaired) electrons. The molecular formula is C13H25BN3. The third kappa shape index (κ3) is 2.40. The van der Waals surface area contributed by atoms with Crippen molar-refractivity contribution in [2.45, 2.75) is 60.2 Å². The molecule has 0 saturated heterocycles. The molecule has 0 aliphatic heterocycles. The molecule has 0 fully saturated rings. The van der Waals surface area contributed by atoms with E-state index in [9.17, 15) is 0 Å². The molecule has 0 aromatic carbocycles. The smallest absolute Gasteiger partial charge is 0.278 e. The monoisotopic (exact) mass is 234 g/mol. The lowest BCUT2D eigenvalue weighted by atomic mass is 9.60. The van der Waals surface area contributed by atoms with E-state index in [-0.39, 0.29) is 10.8 Å². The maximum atomic E-state index is 4.32. The summed E-state index contributed by atoms with van der Waals surface area (Å²) in [4.78, 5) is 0. The van der Waals surface area contributed by atoms with Gasteiger partial charge in [0.05, 0.1) is 5.69 Å². The Morgan fingerprint density at radius 1 is 1.35 bits per heavy atom. The zero-order valence-electron chi connectivity index (χ0n) is 12.3. The van der Waals surface area contributed by atoms with Gasteiger partial charge in [-0.25, -0.2) is 0 Å². The van der Waals surface area contributed by atoms with Crippen LogP contribution in [-0.2, 0) is 5.41 Å². The maximum Gasteiger partial charge on any atom is 0.278 e. The van der Waals surface area contributed by atoms with Gasteiger partial charge < -0.3 is 4.59 Å². The van der Waals surface area contributed by atoms with Crippen molar-refractivity contribution in [2.24, 2.45) is 11.3 Å². The highest BCUT2D eigenvalue weighted by Gasteiger charge is 2.43. The molecule has 1 aromatic heterocycles. The summed E-state index contributed by atoms with van der Waals surface area (Å²) in [5.74, 6) is 0.647. The highest BCUT2D eigenvalue weighted by atomic mass is 15.4. The van der Waals surface area contributed by atoms with Crippen LogP contribution in [0.15, 0.2) is 6.20 Å². The number of aromatic nitrogens is 3. The zero-order valence-corrected chi connectivity index (χ0v) is 12.3. The van der Waals surface area contributed by atoms with Crippen LogP contribution in [0.3, 0.4) is 0 Å². The molecule has 1 unspecified atom stereocenters. The van der Waals surface area contributed by atoms with E-state index in [0.29, 0.717) is 5.92 Å². The van der Waals surface area contributed by atoms with Gasteiger partial charge in [-0.05, 0) is 11.3 Å². The van der Waals surface area contributed by atoms with Crippen molar-refractivity contribution in [2.75, 3.05) is 0 Å². The van der Waals surface area contributed by atoms with Crippen LogP contribution in [0.1, 0.15) is 53.7 Å². The Balaban J connectivity index is 3.08. The van der Waals surface area contributed by atoms with Crippen LogP contribution in [0.4, 0.5) is 0 Å². The summed E-state index contributed by atoms with van der Waals surface area (Å²) in [5, 5.41) is 8.43. The van der Waals surface area contributed by atoms with Gasteiger partial charge in [0, 0.05) is 11.6 Å². The van der Waals surface area contributed by atoms with Crippen molar-refractivity contribution < 1.29 is 0 Å². The molecule has 1 atom stereocenters. The molecule has 1 aromatic rings. The van der Waals surface area contributed by atoms with Crippen molar-refractivity contribution in [1.29, 1.82) is 0 Å². The average molecular weight is 234 g/mol. The van der Waals surface area contributed by atoms with Gasteiger partial charge in [0.25, 0.3) is 7.41 Å². The molecule has 1 heterocycles. The fraction of sp³-hybridized carbons (Fsp3) is 0.846. The van der Waals surface area contributed by atoms with E-state index in [2.05, 4.69) is 51.9 Å². The van der Waals surface area contributed by atoms with E-state index in [0.717, 1.165) is 5.69 Å². The molecule has 95 valence electrons. The van der Waals surface area contributed by atoms with Crippen molar-refractivity contribution in [3.05, 3.63) is 11.9 Å². The van der Waals surface area contributed by atoms with E-state index < -0.39 is 0 Å². The Hall–Kier alpha value is -0.795. The second kappa shape index (κ2) is 4.83.